The van der Waals surface area contributed by atoms with Crippen molar-refractivity contribution in [3.8, 4) is 11.8 Å². The number of halogens is 1. The molecule has 3 aromatic rings. The number of aromatic nitrogens is 3. The Morgan fingerprint density at radius 3 is 2.84 bits per heavy atom. The highest BCUT2D eigenvalue weighted by molar-refractivity contribution is 7.99. The summed E-state index contributed by atoms with van der Waals surface area (Å²) in [6.07, 6.45) is 3.67. The van der Waals surface area contributed by atoms with Gasteiger partial charge in [0.15, 0.2) is 17.1 Å². The highest BCUT2D eigenvalue weighted by Crippen LogP contribution is 2.37. The second-order valence-corrected chi connectivity index (χ2v) is 9.53. The van der Waals surface area contributed by atoms with E-state index in [1.54, 1.807) is 23.7 Å². The van der Waals surface area contributed by atoms with Gasteiger partial charge in [0.05, 0.1) is 11.3 Å². The monoisotopic (exact) mass is 471 g/mol. The van der Waals surface area contributed by atoms with Gasteiger partial charge in [0.2, 0.25) is 5.91 Å². The van der Waals surface area contributed by atoms with E-state index in [4.69, 9.17) is 4.74 Å². The van der Waals surface area contributed by atoms with Gasteiger partial charge in [-0.1, -0.05) is 11.8 Å². The number of fused-ring (bicyclic) bond motifs is 1. The number of carbonyl (C=O) groups excluding carboxylic acids is 1. The van der Waals surface area contributed by atoms with Crippen molar-refractivity contribution in [3.05, 3.63) is 51.9 Å². The zero-order valence-corrected chi connectivity index (χ0v) is 19.4. The molecule has 4 rings (SSSR count). The molecule has 0 saturated heterocycles. The second-order valence-electron chi connectivity index (χ2n) is 7.48. The first-order valence-corrected chi connectivity index (χ1v) is 12.0. The van der Waals surface area contributed by atoms with Crippen molar-refractivity contribution in [2.24, 2.45) is 7.05 Å². The van der Waals surface area contributed by atoms with E-state index in [1.165, 1.54) is 40.1 Å². The van der Waals surface area contributed by atoms with Crippen molar-refractivity contribution in [2.45, 2.75) is 43.9 Å². The largest absolute Gasteiger partial charge is 0.483 e. The molecule has 10 heteroatoms. The molecule has 0 saturated carbocycles. The number of carbonyl (C=O) groups is 1. The van der Waals surface area contributed by atoms with E-state index < -0.39 is 6.10 Å². The molecule has 1 aliphatic carbocycles. The molecule has 2 heterocycles. The number of nitriles is 1. The predicted octanol–water partition coefficient (Wildman–Crippen LogP) is 4.64. The van der Waals surface area contributed by atoms with Crippen molar-refractivity contribution in [1.82, 2.24) is 14.8 Å². The van der Waals surface area contributed by atoms with Crippen molar-refractivity contribution in [2.75, 3.05) is 11.1 Å². The smallest absolute Gasteiger partial charge is 0.235 e. The third-order valence-electron chi connectivity index (χ3n) is 5.23. The lowest BCUT2D eigenvalue weighted by molar-refractivity contribution is -0.113. The van der Waals surface area contributed by atoms with Crippen molar-refractivity contribution in [1.29, 1.82) is 5.26 Å². The molecule has 1 atom stereocenters. The SMILES string of the molecule is CC(Oc1ccc(F)cc1)c1nnc(SCC(=O)Nc2sc3c(c2C#N)CCCC3)n1C. The number of aryl methyl sites for hydroxylation is 1. The Balaban J connectivity index is 1.37. The van der Waals surface area contributed by atoms with Gasteiger partial charge < -0.3 is 14.6 Å². The average Bonchev–Trinajstić information content (AvgIpc) is 3.33. The number of thiophene rings is 1. The molecule has 166 valence electrons. The van der Waals surface area contributed by atoms with Gasteiger partial charge in [-0.25, -0.2) is 4.39 Å². The molecule has 1 unspecified atom stereocenters. The summed E-state index contributed by atoms with van der Waals surface area (Å²) in [6, 6.07) is 8.04. The lowest BCUT2D eigenvalue weighted by atomic mass is 9.96. The first-order chi connectivity index (χ1) is 15.5. The summed E-state index contributed by atoms with van der Waals surface area (Å²) in [5, 5.41) is 22.0. The number of thioether (sulfide) groups is 1. The van der Waals surface area contributed by atoms with Crippen LogP contribution < -0.4 is 10.1 Å². The van der Waals surface area contributed by atoms with E-state index in [2.05, 4.69) is 21.6 Å². The normalized spacial score (nSPS) is 13.8. The van der Waals surface area contributed by atoms with Crippen LogP contribution in [-0.4, -0.2) is 26.4 Å². The molecule has 0 bridgehead atoms. The Hall–Kier alpha value is -2.90. The number of anilines is 1. The maximum atomic E-state index is 13.1. The topological polar surface area (TPSA) is 92.8 Å². The Morgan fingerprint density at radius 1 is 1.34 bits per heavy atom. The number of hydrogen-bond acceptors (Lipinski definition) is 7. The predicted molar refractivity (Wildman–Crippen MR) is 121 cm³/mol. The molecular weight excluding hydrogens is 449 g/mol. The fourth-order valence-corrected chi connectivity index (χ4v) is 5.61. The number of nitrogens with one attached hydrogen (secondary N) is 1. The molecule has 0 fully saturated rings. The van der Waals surface area contributed by atoms with Gasteiger partial charge in [0.25, 0.3) is 0 Å². The van der Waals surface area contributed by atoms with Gasteiger partial charge in [0, 0.05) is 11.9 Å². The van der Waals surface area contributed by atoms with Crippen LogP contribution in [0.25, 0.3) is 0 Å². The number of ether oxygens (including phenoxy) is 1. The van der Waals surface area contributed by atoms with Crippen molar-refractivity contribution >= 4 is 34.0 Å². The third kappa shape index (κ3) is 4.79. The van der Waals surface area contributed by atoms with E-state index in [9.17, 15) is 14.4 Å². The summed E-state index contributed by atoms with van der Waals surface area (Å²) >= 11 is 2.78. The molecule has 2 aromatic heterocycles. The summed E-state index contributed by atoms with van der Waals surface area (Å²) in [5.41, 5.74) is 1.70. The fourth-order valence-electron chi connectivity index (χ4n) is 3.64. The standard InChI is InChI=1S/C22H22FN5O2S2/c1-13(30-15-9-7-14(23)8-10-15)20-26-27-22(28(20)2)31-12-19(29)25-21-17(11-24)16-5-3-4-6-18(16)32-21/h7-10,13H,3-6,12H2,1-2H3,(H,25,29). The first-order valence-electron chi connectivity index (χ1n) is 10.2. The first kappa shape index (κ1) is 22.3. The van der Waals surface area contributed by atoms with Crippen LogP contribution in [0, 0.1) is 17.1 Å². The molecule has 32 heavy (non-hydrogen) atoms. The molecule has 0 aliphatic heterocycles. The summed E-state index contributed by atoms with van der Waals surface area (Å²) in [6.45, 7) is 1.83. The minimum absolute atomic E-state index is 0.145. The van der Waals surface area contributed by atoms with Crippen LogP contribution in [0.1, 0.15) is 47.7 Å². The minimum atomic E-state index is -0.406. The average molecular weight is 472 g/mol. The van der Waals surface area contributed by atoms with E-state index >= 15 is 0 Å². The number of rotatable bonds is 7. The van der Waals surface area contributed by atoms with Crippen molar-refractivity contribution < 1.29 is 13.9 Å². The van der Waals surface area contributed by atoms with Crippen molar-refractivity contribution in [3.63, 3.8) is 0 Å². The third-order valence-corrected chi connectivity index (χ3v) is 7.45. The van der Waals surface area contributed by atoms with Gasteiger partial charge in [-0.05, 0) is 62.4 Å². The van der Waals surface area contributed by atoms with E-state index in [0.29, 0.717) is 27.3 Å². The molecule has 1 amide bonds. The Labute approximate surface area is 193 Å². The number of benzene rings is 1. The van der Waals surface area contributed by atoms with E-state index in [0.717, 1.165) is 31.2 Å². The van der Waals surface area contributed by atoms with Gasteiger partial charge in [-0.2, -0.15) is 5.26 Å². The van der Waals surface area contributed by atoms with E-state index in [-0.39, 0.29) is 17.5 Å². The zero-order valence-electron chi connectivity index (χ0n) is 17.7. The number of nitrogens with zero attached hydrogens (tertiary/aromatic N) is 4. The lowest BCUT2D eigenvalue weighted by Crippen LogP contribution is -2.15. The van der Waals surface area contributed by atoms with Crippen LogP contribution in [0.4, 0.5) is 9.39 Å². The van der Waals surface area contributed by atoms with Crippen LogP contribution in [0.2, 0.25) is 0 Å². The lowest BCUT2D eigenvalue weighted by Gasteiger charge is -2.14. The van der Waals surface area contributed by atoms with Crippen LogP contribution in [0.15, 0.2) is 29.4 Å². The van der Waals surface area contributed by atoms with Gasteiger partial charge in [-0.15, -0.1) is 21.5 Å². The highest BCUT2D eigenvalue weighted by Gasteiger charge is 2.22. The van der Waals surface area contributed by atoms with E-state index in [1.807, 2.05) is 6.92 Å². The van der Waals surface area contributed by atoms with Crippen LogP contribution in [0.5, 0.6) is 5.75 Å². The highest BCUT2D eigenvalue weighted by atomic mass is 32.2. The maximum absolute atomic E-state index is 13.1. The molecule has 0 radical (unpaired) electrons. The van der Waals surface area contributed by atoms with Gasteiger partial charge >= 0.3 is 0 Å². The maximum Gasteiger partial charge on any atom is 0.235 e. The summed E-state index contributed by atoms with van der Waals surface area (Å²) in [7, 11) is 1.81. The number of hydrogen-bond donors (Lipinski definition) is 1. The van der Waals surface area contributed by atoms with Gasteiger partial charge in [0.1, 0.15) is 22.6 Å². The summed E-state index contributed by atoms with van der Waals surface area (Å²) < 4.78 is 20.7. The summed E-state index contributed by atoms with van der Waals surface area (Å²) in [4.78, 5) is 13.8. The molecule has 1 N–H and O–H groups in total. The quantitative estimate of drug-likeness (QED) is 0.505. The molecular formula is C22H22FN5O2S2. The Kier molecular flexibility index (Phi) is 6.77. The fraction of sp³-hybridized carbons (Fsp3) is 0.364. The van der Waals surface area contributed by atoms with Crippen LogP contribution >= 0.6 is 23.1 Å². The van der Waals surface area contributed by atoms with Crippen LogP contribution in [-0.2, 0) is 24.7 Å². The van der Waals surface area contributed by atoms with Crippen LogP contribution in [0.3, 0.4) is 0 Å². The second kappa shape index (κ2) is 9.71. The van der Waals surface area contributed by atoms with Gasteiger partial charge in [-0.3, -0.25) is 4.79 Å². The molecule has 1 aromatic carbocycles. The molecule has 0 spiro atoms. The zero-order chi connectivity index (χ0) is 22.7. The Bertz CT molecular complexity index is 1170. The Morgan fingerprint density at radius 2 is 2.09 bits per heavy atom. The minimum Gasteiger partial charge on any atom is -0.483 e. The molecule has 1 aliphatic rings. The summed E-state index contributed by atoms with van der Waals surface area (Å²) in [5.74, 6) is 0.750. The molecule has 7 nitrogen and oxygen atoms in total. The number of amides is 1.